The maximum atomic E-state index is 14.1. The van der Waals surface area contributed by atoms with E-state index in [0.717, 1.165) is 64.4 Å². The monoisotopic (exact) mass is 616 g/mol. The summed E-state index contributed by atoms with van der Waals surface area (Å²) in [5.41, 5.74) is 5.75. The quantitative estimate of drug-likeness (QED) is 0.0552. The highest BCUT2D eigenvalue weighted by atomic mass is 32.1. The van der Waals surface area contributed by atoms with E-state index in [1.165, 1.54) is 12.1 Å². The van der Waals surface area contributed by atoms with Crippen molar-refractivity contribution in [1.82, 2.24) is 5.32 Å². The minimum Gasteiger partial charge on any atom is -0.384 e. The van der Waals surface area contributed by atoms with Gasteiger partial charge >= 0.3 is 0 Å². The third-order valence-electron chi connectivity index (χ3n) is 6.82. The molecule has 3 rings (SSSR count). The predicted octanol–water partition coefficient (Wildman–Crippen LogP) is 11.2. The summed E-state index contributed by atoms with van der Waals surface area (Å²) >= 11 is 10.5. The molecule has 0 fully saturated rings. The Hall–Kier alpha value is -3.15. The van der Waals surface area contributed by atoms with Crippen LogP contribution in [0.25, 0.3) is 11.3 Å². The number of allylic oxidation sites excluding steroid dienone is 2. The highest BCUT2D eigenvalue weighted by molar-refractivity contribution is 7.84. The minimum atomic E-state index is -0.262. The Kier molecular flexibility index (Phi) is 16.1. The van der Waals surface area contributed by atoms with Crippen LogP contribution < -0.4 is 10.6 Å². The van der Waals surface area contributed by atoms with Crippen LogP contribution in [0, 0.1) is 23.6 Å². The molecule has 230 valence electrons. The lowest BCUT2D eigenvalue weighted by Crippen LogP contribution is -2.21. The highest BCUT2D eigenvalue weighted by Crippen LogP contribution is 2.34. The first-order valence-electron chi connectivity index (χ1n) is 15.4. The molecule has 0 bridgehead atoms. The lowest BCUT2D eigenvalue weighted by atomic mass is 9.90. The Morgan fingerprint density at radius 1 is 0.860 bits per heavy atom. The van der Waals surface area contributed by atoms with Crippen molar-refractivity contribution in [2.24, 2.45) is 17.8 Å². The molecule has 2 nitrogen and oxygen atoms in total. The van der Waals surface area contributed by atoms with E-state index >= 15 is 0 Å². The number of hydrogen-bond acceptors (Lipinski definition) is 3. The topological polar surface area (TPSA) is 24.1 Å². The zero-order chi connectivity index (χ0) is 31.8. The van der Waals surface area contributed by atoms with Crippen molar-refractivity contribution >= 4 is 46.8 Å². The van der Waals surface area contributed by atoms with Gasteiger partial charge in [-0.1, -0.05) is 115 Å². The maximum Gasteiger partial charge on any atom is 0.123 e. The fraction of sp³-hybridized carbons (Fsp3) is 0.342. The van der Waals surface area contributed by atoms with Gasteiger partial charge in [0.15, 0.2) is 0 Å². The normalized spacial score (nSPS) is 13.3. The molecule has 0 amide bonds. The molecule has 2 atom stereocenters. The van der Waals surface area contributed by atoms with Crippen LogP contribution in [0.3, 0.4) is 0 Å². The second kappa shape index (κ2) is 19.2. The first-order valence-corrected chi connectivity index (χ1v) is 16.2. The van der Waals surface area contributed by atoms with E-state index in [2.05, 4.69) is 75.7 Å². The lowest BCUT2D eigenvalue weighted by Gasteiger charge is -2.24. The number of benzene rings is 3. The largest absolute Gasteiger partial charge is 0.384 e. The van der Waals surface area contributed by atoms with Crippen LogP contribution in [0.4, 0.5) is 10.1 Å². The van der Waals surface area contributed by atoms with Crippen LogP contribution in [0.5, 0.6) is 0 Å². The van der Waals surface area contributed by atoms with Gasteiger partial charge in [0.05, 0.1) is 5.70 Å². The third kappa shape index (κ3) is 12.5. The molecule has 0 aliphatic rings. The number of para-hydroxylation sites is 1. The van der Waals surface area contributed by atoms with Crippen molar-refractivity contribution in [2.45, 2.75) is 60.8 Å². The van der Waals surface area contributed by atoms with Crippen LogP contribution in [0.2, 0.25) is 0 Å². The number of hydrogen-bond donors (Lipinski definition) is 3. The molecule has 0 aliphatic heterocycles. The fourth-order valence-corrected chi connectivity index (χ4v) is 5.65. The van der Waals surface area contributed by atoms with Crippen LogP contribution in [0.1, 0.15) is 71.9 Å². The number of thiocarbonyl (C=S) groups is 1. The Balaban J connectivity index is 0.00000316. The Morgan fingerprint density at radius 3 is 2.00 bits per heavy atom. The summed E-state index contributed by atoms with van der Waals surface area (Å²) in [4.78, 5) is 1.57. The Morgan fingerprint density at radius 2 is 1.44 bits per heavy atom. The number of rotatable bonds is 14. The Labute approximate surface area is 271 Å². The molecule has 0 heterocycles. The third-order valence-corrected chi connectivity index (χ3v) is 7.32. The second-order valence-electron chi connectivity index (χ2n) is 11.2. The van der Waals surface area contributed by atoms with Gasteiger partial charge in [-0.05, 0) is 89.4 Å². The van der Waals surface area contributed by atoms with E-state index < -0.39 is 0 Å². The first kappa shape index (κ1) is 36.0. The van der Waals surface area contributed by atoms with E-state index in [-0.39, 0.29) is 11.7 Å². The van der Waals surface area contributed by atoms with Gasteiger partial charge in [-0.3, -0.25) is 0 Å². The van der Waals surface area contributed by atoms with Gasteiger partial charge in [0.1, 0.15) is 10.8 Å². The van der Waals surface area contributed by atoms with Crippen molar-refractivity contribution in [3.63, 3.8) is 0 Å². The molecule has 0 spiro atoms. The molecular formula is C38H49FN2S2. The average Bonchev–Trinajstić information content (AvgIpc) is 2.98. The van der Waals surface area contributed by atoms with Gasteiger partial charge in [-0.15, -0.1) is 12.6 Å². The van der Waals surface area contributed by atoms with E-state index in [1.807, 2.05) is 74.5 Å². The van der Waals surface area contributed by atoms with Crippen LogP contribution in [0.15, 0.2) is 108 Å². The SMILES string of the molecule is C=C(S)CC(C)CC(C)CCN/C(=C(\C(=C\C(C)C)C(=S)Nc1ccccc1)c1ccccc1)c1ccc(F)cc1.CC. The summed E-state index contributed by atoms with van der Waals surface area (Å²) in [5.74, 6) is 1.04. The van der Waals surface area contributed by atoms with Gasteiger partial charge in [-0.25, -0.2) is 4.39 Å². The number of nitrogens with one attached hydrogen (secondary N) is 2. The molecule has 2 unspecified atom stereocenters. The van der Waals surface area contributed by atoms with Crippen molar-refractivity contribution in [2.75, 3.05) is 11.9 Å². The molecule has 0 aliphatic carbocycles. The van der Waals surface area contributed by atoms with Gasteiger partial charge in [0.2, 0.25) is 0 Å². The summed E-state index contributed by atoms with van der Waals surface area (Å²) in [7, 11) is 0. The molecule has 2 N–H and O–H groups in total. The molecular weight excluding hydrogens is 568 g/mol. The molecule has 0 saturated heterocycles. The van der Waals surface area contributed by atoms with Gasteiger partial charge in [0, 0.05) is 23.4 Å². The molecule has 0 saturated carbocycles. The van der Waals surface area contributed by atoms with Crippen molar-refractivity contribution < 1.29 is 4.39 Å². The second-order valence-corrected chi connectivity index (χ2v) is 12.2. The van der Waals surface area contributed by atoms with Crippen LogP contribution in [-0.4, -0.2) is 11.5 Å². The summed E-state index contributed by atoms with van der Waals surface area (Å²) in [6, 6.07) is 27.0. The van der Waals surface area contributed by atoms with Gasteiger partial charge in [0.25, 0.3) is 0 Å². The predicted molar refractivity (Wildman–Crippen MR) is 195 cm³/mol. The maximum absolute atomic E-state index is 14.1. The van der Waals surface area contributed by atoms with Crippen molar-refractivity contribution in [3.8, 4) is 0 Å². The lowest BCUT2D eigenvalue weighted by molar-refractivity contribution is 0.395. The fourth-order valence-electron chi connectivity index (χ4n) is 5.05. The van der Waals surface area contributed by atoms with Crippen molar-refractivity contribution in [1.29, 1.82) is 0 Å². The van der Waals surface area contributed by atoms with Crippen LogP contribution >= 0.6 is 24.8 Å². The van der Waals surface area contributed by atoms with Crippen molar-refractivity contribution in [3.05, 3.63) is 125 Å². The Bertz CT molecular complexity index is 1330. The highest BCUT2D eigenvalue weighted by Gasteiger charge is 2.21. The number of anilines is 1. The zero-order valence-corrected chi connectivity index (χ0v) is 28.4. The molecule has 0 radical (unpaired) electrons. The molecule has 0 aromatic heterocycles. The molecule has 5 heteroatoms. The van der Waals surface area contributed by atoms with E-state index in [0.29, 0.717) is 16.8 Å². The molecule has 43 heavy (non-hydrogen) atoms. The summed E-state index contributed by atoms with van der Waals surface area (Å²) in [6.45, 7) is 17.6. The zero-order valence-electron chi connectivity index (χ0n) is 26.7. The minimum absolute atomic E-state index is 0.247. The summed E-state index contributed by atoms with van der Waals surface area (Å²) < 4.78 is 14.1. The average molecular weight is 617 g/mol. The van der Waals surface area contributed by atoms with E-state index in [1.54, 1.807) is 0 Å². The molecule has 3 aromatic carbocycles. The van der Waals surface area contributed by atoms with E-state index in [4.69, 9.17) is 12.2 Å². The smallest absolute Gasteiger partial charge is 0.123 e. The molecule has 3 aromatic rings. The van der Waals surface area contributed by atoms with Gasteiger partial charge < -0.3 is 10.6 Å². The van der Waals surface area contributed by atoms with Gasteiger partial charge in [-0.2, -0.15) is 0 Å². The summed E-state index contributed by atoms with van der Waals surface area (Å²) in [5, 5.41) is 7.22. The first-order chi connectivity index (χ1) is 20.6. The van der Waals surface area contributed by atoms with Crippen LogP contribution in [-0.2, 0) is 0 Å². The standard InChI is InChI=1S/C36H43FN2S2.C2H6/c1-25(2)22-33(36(41)39-32-14-10-7-11-15-32)34(29-12-8-6-9-13-29)35(30-16-18-31(37)19-17-30)38-21-20-26(3)23-27(4)24-28(5)40;1-2/h6-19,22,25-27,38,40H,5,20-21,23-24H2,1-4H3,(H,39,41);1-2H3/b33-22-,35-34-;. The summed E-state index contributed by atoms with van der Waals surface area (Å²) in [6.07, 6.45) is 5.23. The number of halogens is 1. The number of thiol groups is 1. The van der Waals surface area contributed by atoms with E-state index in [9.17, 15) is 4.39 Å².